The highest BCUT2D eigenvalue weighted by molar-refractivity contribution is 6.33. The van der Waals surface area contributed by atoms with Crippen LogP contribution in [0, 0.1) is 6.92 Å². The van der Waals surface area contributed by atoms with Crippen molar-refractivity contribution in [3.05, 3.63) is 58.7 Å². The second-order valence-corrected chi connectivity index (χ2v) is 4.73. The van der Waals surface area contributed by atoms with E-state index in [1.54, 1.807) is 24.3 Å². The fraction of sp³-hybridized carbons (Fsp3) is 0.200. The molecule has 2 N–H and O–H groups in total. The number of hydrogen-bond acceptors (Lipinski definition) is 3. The lowest BCUT2D eigenvalue weighted by Gasteiger charge is -2.08. The minimum atomic E-state index is -0.172. The summed E-state index contributed by atoms with van der Waals surface area (Å²) < 4.78 is 0. The van der Waals surface area contributed by atoms with Crippen LogP contribution in [0.2, 0.25) is 5.02 Å². The molecule has 4 nitrogen and oxygen atoms in total. The summed E-state index contributed by atoms with van der Waals surface area (Å²) in [6.07, 6.45) is 0. The van der Waals surface area contributed by atoms with E-state index in [0.717, 1.165) is 11.5 Å². The van der Waals surface area contributed by atoms with Gasteiger partial charge in [-0.05, 0) is 31.2 Å². The SMILES string of the molecule is Cc1cccc(NCCNC(=O)c2ccccc2Cl)n1. The number of carbonyl (C=O) groups is 1. The predicted molar refractivity (Wildman–Crippen MR) is 81.2 cm³/mol. The number of pyridine rings is 1. The van der Waals surface area contributed by atoms with Gasteiger partial charge in [0.2, 0.25) is 0 Å². The van der Waals surface area contributed by atoms with Crippen LogP contribution in [0.1, 0.15) is 16.1 Å². The van der Waals surface area contributed by atoms with Crippen LogP contribution in [-0.2, 0) is 0 Å². The van der Waals surface area contributed by atoms with Crippen molar-refractivity contribution in [2.24, 2.45) is 0 Å². The Morgan fingerprint density at radius 1 is 1.15 bits per heavy atom. The zero-order valence-corrected chi connectivity index (χ0v) is 11.9. The molecule has 0 fully saturated rings. The summed E-state index contributed by atoms with van der Waals surface area (Å²) in [5, 5.41) is 6.42. The molecular weight excluding hydrogens is 274 g/mol. The van der Waals surface area contributed by atoms with Crippen LogP contribution in [0.25, 0.3) is 0 Å². The molecule has 0 bridgehead atoms. The van der Waals surface area contributed by atoms with E-state index in [1.807, 2.05) is 25.1 Å². The lowest BCUT2D eigenvalue weighted by atomic mass is 10.2. The van der Waals surface area contributed by atoms with Crippen molar-refractivity contribution in [3.8, 4) is 0 Å². The average Bonchev–Trinajstić information content (AvgIpc) is 2.44. The Bertz CT molecular complexity index is 601. The van der Waals surface area contributed by atoms with Crippen molar-refractivity contribution in [1.29, 1.82) is 0 Å². The molecule has 0 aliphatic rings. The fourth-order valence-corrected chi connectivity index (χ4v) is 1.97. The number of aryl methyl sites for hydroxylation is 1. The summed E-state index contributed by atoms with van der Waals surface area (Å²) >= 11 is 5.96. The summed E-state index contributed by atoms with van der Waals surface area (Å²) in [6.45, 7) is 3.04. The Morgan fingerprint density at radius 2 is 1.95 bits per heavy atom. The maximum Gasteiger partial charge on any atom is 0.252 e. The zero-order valence-electron chi connectivity index (χ0n) is 11.2. The monoisotopic (exact) mass is 289 g/mol. The topological polar surface area (TPSA) is 54.0 Å². The molecular formula is C15H16ClN3O. The first-order valence-electron chi connectivity index (χ1n) is 6.37. The van der Waals surface area contributed by atoms with Crippen molar-refractivity contribution < 1.29 is 4.79 Å². The smallest absolute Gasteiger partial charge is 0.252 e. The number of hydrogen-bond donors (Lipinski definition) is 2. The fourth-order valence-electron chi connectivity index (χ4n) is 1.75. The van der Waals surface area contributed by atoms with Crippen molar-refractivity contribution >= 4 is 23.3 Å². The standard InChI is InChI=1S/C15H16ClN3O/c1-11-5-4-8-14(19-11)17-9-10-18-15(20)12-6-2-3-7-13(12)16/h2-8H,9-10H2,1H3,(H,17,19)(H,18,20). The summed E-state index contributed by atoms with van der Waals surface area (Å²) in [7, 11) is 0. The normalized spacial score (nSPS) is 10.1. The van der Waals surface area contributed by atoms with E-state index in [9.17, 15) is 4.79 Å². The number of benzene rings is 1. The van der Waals surface area contributed by atoms with Crippen LogP contribution in [0.3, 0.4) is 0 Å². The van der Waals surface area contributed by atoms with Gasteiger partial charge in [-0.1, -0.05) is 29.8 Å². The van der Waals surface area contributed by atoms with E-state index in [4.69, 9.17) is 11.6 Å². The van der Waals surface area contributed by atoms with Crippen LogP contribution in [0.4, 0.5) is 5.82 Å². The zero-order chi connectivity index (χ0) is 14.4. The van der Waals surface area contributed by atoms with E-state index in [0.29, 0.717) is 23.7 Å². The van der Waals surface area contributed by atoms with Crippen LogP contribution in [0.5, 0.6) is 0 Å². The van der Waals surface area contributed by atoms with Crippen LogP contribution >= 0.6 is 11.6 Å². The number of carbonyl (C=O) groups excluding carboxylic acids is 1. The number of nitrogens with one attached hydrogen (secondary N) is 2. The highest BCUT2D eigenvalue weighted by Crippen LogP contribution is 2.14. The number of aromatic nitrogens is 1. The van der Waals surface area contributed by atoms with Crippen LogP contribution < -0.4 is 10.6 Å². The molecule has 20 heavy (non-hydrogen) atoms. The molecule has 2 rings (SSSR count). The van der Waals surface area contributed by atoms with Gasteiger partial charge in [0, 0.05) is 18.8 Å². The molecule has 1 aromatic carbocycles. The first-order chi connectivity index (χ1) is 9.66. The molecule has 0 saturated carbocycles. The summed E-state index contributed by atoms with van der Waals surface area (Å²) in [5.41, 5.74) is 1.44. The molecule has 1 amide bonds. The third-order valence-electron chi connectivity index (χ3n) is 2.72. The van der Waals surface area contributed by atoms with Gasteiger partial charge in [-0.3, -0.25) is 4.79 Å². The Hall–Kier alpha value is -2.07. The molecule has 104 valence electrons. The Labute approximate surface area is 123 Å². The maximum atomic E-state index is 11.9. The third kappa shape index (κ3) is 3.96. The second-order valence-electron chi connectivity index (χ2n) is 4.33. The number of nitrogens with zero attached hydrogens (tertiary/aromatic N) is 1. The molecule has 0 unspecified atom stereocenters. The van der Waals surface area contributed by atoms with Gasteiger partial charge in [0.05, 0.1) is 10.6 Å². The quantitative estimate of drug-likeness (QED) is 0.832. The Kier molecular flexibility index (Phi) is 4.96. The average molecular weight is 290 g/mol. The van der Waals surface area contributed by atoms with Crippen molar-refractivity contribution in [2.75, 3.05) is 18.4 Å². The lowest BCUT2D eigenvalue weighted by molar-refractivity contribution is 0.0955. The molecule has 1 heterocycles. The van der Waals surface area contributed by atoms with Gasteiger partial charge in [-0.25, -0.2) is 4.98 Å². The van der Waals surface area contributed by atoms with Crippen molar-refractivity contribution in [1.82, 2.24) is 10.3 Å². The summed E-state index contributed by atoms with van der Waals surface area (Å²) in [5.74, 6) is 0.631. The van der Waals surface area contributed by atoms with Crippen LogP contribution in [0.15, 0.2) is 42.5 Å². The molecule has 0 atom stereocenters. The molecule has 0 aliphatic heterocycles. The first kappa shape index (κ1) is 14.3. The molecule has 5 heteroatoms. The molecule has 0 spiro atoms. The lowest BCUT2D eigenvalue weighted by Crippen LogP contribution is -2.29. The number of halogens is 1. The van der Waals surface area contributed by atoms with Gasteiger partial charge in [0.1, 0.15) is 5.82 Å². The van der Waals surface area contributed by atoms with E-state index in [2.05, 4.69) is 15.6 Å². The maximum absolute atomic E-state index is 11.9. The number of amides is 1. The van der Waals surface area contributed by atoms with Gasteiger partial charge >= 0.3 is 0 Å². The van der Waals surface area contributed by atoms with E-state index >= 15 is 0 Å². The van der Waals surface area contributed by atoms with E-state index < -0.39 is 0 Å². The summed E-state index contributed by atoms with van der Waals surface area (Å²) in [6, 6.07) is 12.7. The molecule has 0 aliphatic carbocycles. The van der Waals surface area contributed by atoms with Crippen LogP contribution in [-0.4, -0.2) is 24.0 Å². The second kappa shape index (κ2) is 6.91. The predicted octanol–water partition coefficient (Wildman–Crippen LogP) is 2.89. The molecule has 0 radical (unpaired) electrons. The minimum Gasteiger partial charge on any atom is -0.368 e. The van der Waals surface area contributed by atoms with E-state index in [1.165, 1.54) is 0 Å². The summed E-state index contributed by atoms with van der Waals surface area (Å²) in [4.78, 5) is 16.2. The van der Waals surface area contributed by atoms with Gasteiger partial charge in [0.15, 0.2) is 0 Å². The van der Waals surface area contributed by atoms with Crippen molar-refractivity contribution in [2.45, 2.75) is 6.92 Å². The first-order valence-corrected chi connectivity index (χ1v) is 6.75. The molecule has 1 aromatic heterocycles. The minimum absolute atomic E-state index is 0.172. The van der Waals surface area contributed by atoms with Gasteiger partial charge < -0.3 is 10.6 Å². The Morgan fingerprint density at radius 3 is 2.70 bits per heavy atom. The molecule has 2 aromatic rings. The van der Waals surface area contributed by atoms with Crippen molar-refractivity contribution in [3.63, 3.8) is 0 Å². The number of anilines is 1. The van der Waals surface area contributed by atoms with E-state index in [-0.39, 0.29) is 5.91 Å². The number of rotatable bonds is 5. The van der Waals surface area contributed by atoms with Gasteiger partial charge in [-0.2, -0.15) is 0 Å². The largest absolute Gasteiger partial charge is 0.368 e. The molecule has 0 saturated heterocycles. The highest BCUT2D eigenvalue weighted by atomic mass is 35.5. The van der Waals surface area contributed by atoms with Gasteiger partial charge in [-0.15, -0.1) is 0 Å². The van der Waals surface area contributed by atoms with Gasteiger partial charge in [0.25, 0.3) is 5.91 Å². The Balaban J connectivity index is 1.79. The highest BCUT2D eigenvalue weighted by Gasteiger charge is 2.08. The third-order valence-corrected chi connectivity index (χ3v) is 3.05.